The molecular weight excluding hydrogens is 402 g/mol. The Balaban J connectivity index is 2.05. The third-order valence-electron chi connectivity index (χ3n) is 4.18. The van der Waals surface area contributed by atoms with Crippen molar-refractivity contribution in [2.24, 2.45) is 0 Å². The van der Waals surface area contributed by atoms with Gasteiger partial charge < -0.3 is 4.74 Å². The molecule has 0 radical (unpaired) electrons. The van der Waals surface area contributed by atoms with E-state index in [9.17, 15) is 4.79 Å². The minimum Gasteiger partial charge on any atom is -0.443 e. The van der Waals surface area contributed by atoms with Crippen LogP contribution in [-0.4, -0.2) is 11.7 Å². The number of anilines is 1. The molecule has 25 heavy (non-hydrogen) atoms. The Bertz CT molecular complexity index is 783. The van der Waals surface area contributed by atoms with Crippen LogP contribution < -0.4 is 4.90 Å². The van der Waals surface area contributed by atoms with Crippen molar-refractivity contribution in [2.75, 3.05) is 4.90 Å². The topological polar surface area (TPSA) is 29.5 Å². The second-order valence-corrected chi connectivity index (χ2v) is 8.48. The molecule has 1 aliphatic rings. The van der Waals surface area contributed by atoms with Gasteiger partial charge in [-0.25, -0.2) is 4.79 Å². The van der Waals surface area contributed by atoms with Crippen LogP contribution in [0.2, 0.25) is 5.02 Å². The largest absolute Gasteiger partial charge is 0.443 e. The summed E-state index contributed by atoms with van der Waals surface area (Å²) in [6.45, 7) is 5.65. The summed E-state index contributed by atoms with van der Waals surface area (Å²) in [6, 6.07) is 13.5. The maximum Gasteiger partial charge on any atom is 0.415 e. The third kappa shape index (κ3) is 4.01. The molecule has 2 aromatic rings. The van der Waals surface area contributed by atoms with Crippen LogP contribution in [0.3, 0.4) is 0 Å². The molecule has 0 fully saturated rings. The fraction of sp³-hybridized carbons (Fsp3) is 0.350. The molecule has 1 unspecified atom stereocenters. The van der Waals surface area contributed by atoms with Crippen molar-refractivity contribution in [3.05, 3.63) is 63.1 Å². The first-order chi connectivity index (χ1) is 11.8. The van der Waals surface area contributed by atoms with Gasteiger partial charge in [0.05, 0.1) is 11.7 Å². The molecule has 1 heterocycles. The number of carbonyl (C=O) groups excluding carboxylic acids is 1. The molecule has 132 valence electrons. The number of ether oxygens (including phenoxy) is 1. The van der Waals surface area contributed by atoms with E-state index in [4.69, 9.17) is 16.3 Å². The molecule has 0 bridgehead atoms. The average Bonchev–Trinajstić information content (AvgIpc) is 2.53. The van der Waals surface area contributed by atoms with Gasteiger partial charge in [-0.2, -0.15) is 0 Å². The standard InChI is InChI=1S/C20H21BrClNO2/c1-20(2,3)25-19(24)23-17(13-7-9-14(22)10-8-13)12-11-15-16(21)5-4-6-18(15)23/h4-10,17H,11-12H2,1-3H3. The highest BCUT2D eigenvalue weighted by Crippen LogP contribution is 2.42. The van der Waals surface area contributed by atoms with E-state index in [1.807, 2.05) is 63.2 Å². The maximum absolute atomic E-state index is 13.0. The zero-order chi connectivity index (χ0) is 18.2. The molecule has 2 aromatic carbocycles. The van der Waals surface area contributed by atoms with Crippen LogP contribution in [0.5, 0.6) is 0 Å². The highest BCUT2D eigenvalue weighted by Gasteiger charge is 2.35. The van der Waals surface area contributed by atoms with Crippen LogP contribution in [0.1, 0.15) is 44.4 Å². The predicted octanol–water partition coefficient (Wildman–Crippen LogP) is 6.53. The minimum absolute atomic E-state index is 0.0751. The molecule has 0 N–H and O–H groups in total. The zero-order valence-electron chi connectivity index (χ0n) is 14.6. The van der Waals surface area contributed by atoms with Crippen molar-refractivity contribution in [1.29, 1.82) is 0 Å². The lowest BCUT2D eigenvalue weighted by atomic mass is 9.91. The summed E-state index contributed by atoms with van der Waals surface area (Å²) < 4.78 is 6.72. The third-order valence-corrected chi connectivity index (χ3v) is 5.17. The smallest absolute Gasteiger partial charge is 0.415 e. The van der Waals surface area contributed by atoms with Gasteiger partial charge in [-0.3, -0.25) is 4.90 Å². The number of rotatable bonds is 1. The number of hydrogen-bond donors (Lipinski definition) is 0. The van der Waals surface area contributed by atoms with Gasteiger partial charge in [0, 0.05) is 9.50 Å². The Kier molecular flexibility index (Phi) is 5.12. The van der Waals surface area contributed by atoms with Gasteiger partial charge in [-0.05, 0) is 69.0 Å². The number of hydrogen-bond acceptors (Lipinski definition) is 2. The molecule has 1 atom stereocenters. The number of amides is 1. The summed E-state index contributed by atoms with van der Waals surface area (Å²) in [5.74, 6) is 0. The maximum atomic E-state index is 13.0. The zero-order valence-corrected chi connectivity index (χ0v) is 16.9. The van der Waals surface area contributed by atoms with Gasteiger partial charge in [0.2, 0.25) is 0 Å². The lowest BCUT2D eigenvalue weighted by molar-refractivity contribution is 0.0560. The van der Waals surface area contributed by atoms with Crippen LogP contribution in [-0.2, 0) is 11.2 Å². The van der Waals surface area contributed by atoms with Gasteiger partial charge in [0.1, 0.15) is 5.60 Å². The Morgan fingerprint density at radius 3 is 2.52 bits per heavy atom. The molecule has 0 aliphatic carbocycles. The predicted molar refractivity (Wildman–Crippen MR) is 105 cm³/mol. The van der Waals surface area contributed by atoms with Gasteiger partial charge >= 0.3 is 6.09 Å². The molecule has 0 spiro atoms. The van der Waals surface area contributed by atoms with Crippen molar-refractivity contribution >= 4 is 39.3 Å². The fourth-order valence-electron chi connectivity index (χ4n) is 3.14. The molecule has 0 aromatic heterocycles. The highest BCUT2D eigenvalue weighted by molar-refractivity contribution is 9.10. The molecular formula is C20H21BrClNO2. The highest BCUT2D eigenvalue weighted by atomic mass is 79.9. The Morgan fingerprint density at radius 1 is 1.20 bits per heavy atom. The van der Waals surface area contributed by atoms with Gasteiger partial charge in [0.15, 0.2) is 0 Å². The summed E-state index contributed by atoms with van der Waals surface area (Å²) in [6.07, 6.45) is 1.39. The molecule has 1 amide bonds. The van der Waals surface area contributed by atoms with E-state index in [2.05, 4.69) is 15.9 Å². The normalized spacial score (nSPS) is 17.2. The first kappa shape index (κ1) is 18.3. The van der Waals surface area contributed by atoms with Crippen molar-refractivity contribution in [3.8, 4) is 0 Å². The number of nitrogens with zero attached hydrogens (tertiary/aromatic N) is 1. The van der Waals surface area contributed by atoms with E-state index in [1.54, 1.807) is 4.90 Å². The van der Waals surface area contributed by atoms with E-state index in [1.165, 1.54) is 0 Å². The number of benzene rings is 2. The second kappa shape index (κ2) is 7.00. The number of fused-ring (bicyclic) bond motifs is 1. The molecule has 3 rings (SSSR count). The van der Waals surface area contributed by atoms with Gasteiger partial charge in [-0.15, -0.1) is 0 Å². The monoisotopic (exact) mass is 421 g/mol. The van der Waals surface area contributed by atoms with Crippen molar-refractivity contribution in [2.45, 2.75) is 45.3 Å². The van der Waals surface area contributed by atoms with Gasteiger partial charge in [0.25, 0.3) is 0 Å². The van der Waals surface area contributed by atoms with E-state index in [0.717, 1.165) is 34.1 Å². The summed E-state index contributed by atoms with van der Waals surface area (Å²) in [5.41, 5.74) is 2.54. The summed E-state index contributed by atoms with van der Waals surface area (Å²) in [5, 5.41) is 0.687. The molecule has 1 aliphatic heterocycles. The van der Waals surface area contributed by atoms with Crippen molar-refractivity contribution in [1.82, 2.24) is 0 Å². The van der Waals surface area contributed by atoms with Crippen molar-refractivity contribution in [3.63, 3.8) is 0 Å². The summed E-state index contributed by atoms with van der Waals surface area (Å²) in [4.78, 5) is 14.8. The van der Waals surface area contributed by atoms with E-state index in [0.29, 0.717) is 5.02 Å². The first-order valence-corrected chi connectivity index (χ1v) is 9.48. The summed E-state index contributed by atoms with van der Waals surface area (Å²) in [7, 11) is 0. The van der Waals surface area contributed by atoms with E-state index in [-0.39, 0.29) is 12.1 Å². The van der Waals surface area contributed by atoms with Gasteiger partial charge in [-0.1, -0.05) is 45.7 Å². The Morgan fingerprint density at radius 2 is 1.88 bits per heavy atom. The number of carbonyl (C=O) groups is 1. The van der Waals surface area contributed by atoms with Crippen LogP contribution in [0, 0.1) is 0 Å². The van der Waals surface area contributed by atoms with Crippen molar-refractivity contribution < 1.29 is 9.53 Å². The van der Waals surface area contributed by atoms with E-state index < -0.39 is 5.60 Å². The quantitative estimate of drug-likeness (QED) is 0.523. The van der Waals surface area contributed by atoms with Crippen LogP contribution in [0.25, 0.3) is 0 Å². The van der Waals surface area contributed by atoms with E-state index >= 15 is 0 Å². The fourth-order valence-corrected chi connectivity index (χ4v) is 3.82. The molecule has 0 saturated heterocycles. The second-order valence-electron chi connectivity index (χ2n) is 7.19. The first-order valence-electron chi connectivity index (χ1n) is 8.31. The lowest BCUT2D eigenvalue weighted by Gasteiger charge is -2.38. The van der Waals surface area contributed by atoms with Crippen LogP contribution >= 0.6 is 27.5 Å². The minimum atomic E-state index is -0.550. The Hall–Kier alpha value is -1.52. The lowest BCUT2D eigenvalue weighted by Crippen LogP contribution is -2.42. The molecule has 5 heteroatoms. The van der Waals surface area contributed by atoms with Crippen LogP contribution in [0.15, 0.2) is 46.9 Å². The molecule has 3 nitrogen and oxygen atoms in total. The average molecular weight is 423 g/mol. The van der Waals surface area contributed by atoms with Crippen LogP contribution in [0.4, 0.5) is 10.5 Å². The SMILES string of the molecule is CC(C)(C)OC(=O)N1c2cccc(Br)c2CCC1c1ccc(Cl)cc1. The summed E-state index contributed by atoms with van der Waals surface area (Å²) >= 11 is 9.64. The Labute approximate surface area is 162 Å². The molecule has 0 saturated carbocycles. The number of halogens is 2.